The number of benzene rings is 2. The standard InChI is InChI=1S/C14H15O3PS/c1-15-18(19,16-2)17-14-10-6-9-13(11-14)12-7-4-3-5-8-12/h3-11H,1-2H3. The first-order chi connectivity index (χ1) is 9.17. The molecule has 0 aliphatic carbocycles. The van der Waals surface area contributed by atoms with E-state index in [1.807, 2.05) is 54.6 Å². The first-order valence-electron chi connectivity index (χ1n) is 5.73. The molecule has 0 saturated carbocycles. The molecule has 0 spiro atoms. The van der Waals surface area contributed by atoms with E-state index in [9.17, 15) is 0 Å². The van der Waals surface area contributed by atoms with Crippen LogP contribution in [0.25, 0.3) is 11.1 Å². The molecule has 3 nitrogen and oxygen atoms in total. The number of hydrogen-bond donors (Lipinski definition) is 0. The third-order valence-corrected chi connectivity index (χ3v) is 5.05. The van der Waals surface area contributed by atoms with E-state index in [1.165, 1.54) is 14.2 Å². The van der Waals surface area contributed by atoms with Crippen LogP contribution in [-0.4, -0.2) is 14.2 Å². The van der Waals surface area contributed by atoms with Crippen LogP contribution in [0.2, 0.25) is 0 Å². The SMILES string of the molecule is COP(=S)(OC)Oc1cccc(-c2ccccc2)c1. The normalized spacial score (nSPS) is 11.3. The molecule has 0 aliphatic heterocycles. The maximum atomic E-state index is 5.64. The Morgan fingerprint density at radius 3 is 2.11 bits per heavy atom. The van der Waals surface area contributed by atoms with Gasteiger partial charge in [0.25, 0.3) is 0 Å². The molecule has 0 aliphatic rings. The molecule has 0 bridgehead atoms. The summed E-state index contributed by atoms with van der Waals surface area (Å²) < 4.78 is 15.9. The predicted octanol–water partition coefficient (Wildman–Crippen LogP) is 4.25. The highest BCUT2D eigenvalue weighted by Crippen LogP contribution is 2.48. The predicted molar refractivity (Wildman–Crippen MR) is 80.8 cm³/mol. The minimum Gasteiger partial charge on any atom is -0.424 e. The lowest BCUT2D eigenvalue weighted by molar-refractivity contribution is 0.273. The molecular formula is C14H15O3PS. The fraction of sp³-hybridized carbons (Fsp3) is 0.143. The smallest absolute Gasteiger partial charge is 0.380 e. The Bertz CT molecular complexity index is 578. The average molecular weight is 294 g/mol. The van der Waals surface area contributed by atoms with E-state index < -0.39 is 6.72 Å². The fourth-order valence-electron chi connectivity index (χ4n) is 1.64. The Morgan fingerprint density at radius 1 is 0.842 bits per heavy atom. The lowest BCUT2D eigenvalue weighted by atomic mass is 10.1. The van der Waals surface area contributed by atoms with E-state index in [0.29, 0.717) is 5.75 Å². The molecule has 5 heteroatoms. The van der Waals surface area contributed by atoms with Crippen LogP contribution in [0.5, 0.6) is 5.75 Å². The molecule has 19 heavy (non-hydrogen) atoms. The third kappa shape index (κ3) is 3.64. The van der Waals surface area contributed by atoms with Crippen molar-refractivity contribution in [2.45, 2.75) is 0 Å². The molecule has 2 rings (SSSR count). The van der Waals surface area contributed by atoms with Crippen molar-refractivity contribution in [1.29, 1.82) is 0 Å². The summed E-state index contributed by atoms with van der Waals surface area (Å²) in [6, 6.07) is 17.8. The van der Waals surface area contributed by atoms with Crippen molar-refractivity contribution in [1.82, 2.24) is 0 Å². The van der Waals surface area contributed by atoms with Crippen LogP contribution < -0.4 is 4.52 Å². The molecule has 2 aromatic rings. The van der Waals surface area contributed by atoms with E-state index in [4.69, 9.17) is 25.4 Å². The molecule has 0 amide bonds. The zero-order valence-electron chi connectivity index (χ0n) is 10.8. The molecular weight excluding hydrogens is 279 g/mol. The van der Waals surface area contributed by atoms with Gasteiger partial charge in [-0.05, 0) is 23.3 Å². The van der Waals surface area contributed by atoms with Crippen LogP contribution in [0.1, 0.15) is 0 Å². The molecule has 0 aromatic heterocycles. The second kappa shape index (κ2) is 6.31. The van der Waals surface area contributed by atoms with Crippen molar-refractivity contribution in [3.05, 3.63) is 54.6 Å². The van der Waals surface area contributed by atoms with Gasteiger partial charge in [-0.25, -0.2) is 0 Å². The van der Waals surface area contributed by atoms with Crippen LogP contribution in [-0.2, 0) is 20.9 Å². The highest BCUT2D eigenvalue weighted by atomic mass is 32.5. The summed E-state index contributed by atoms with van der Waals surface area (Å²) in [4.78, 5) is 0. The van der Waals surface area contributed by atoms with Gasteiger partial charge in [0.1, 0.15) is 5.75 Å². The zero-order valence-corrected chi connectivity index (χ0v) is 12.5. The average Bonchev–Trinajstić information content (AvgIpc) is 2.48. The van der Waals surface area contributed by atoms with Crippen molar-refractivity contribution in [3.8, 4) is 16.9 Å². The third-order valence-electron chi connectivity index (χ3n) is 2.61. The quantitative estimate of drug-likeness (QED) is 0.771. The van der Waals surface area contributed by atoms with Crippen LogP contribution >= 0.6 is 6.72 Å². The van der Waals surface area contributed by atoms with Gasteiger partial charge >= 0.3 is 6.72 Å². The summed E-state index contributed by atoms with van der Waals surface area (Å²) in [5, 5.41) is 0. The highest BCUT2D eigenvalue weighted by molar-refractivity contribution is 8.07. The lowest BCUT2D eigenvalue weighted by Crippen LogP contribution is -1.96. The highest BCUT2D eigenvalue weighted by Gasteiger charge is 2.18. The molecule has 0 heterocycles. The van der Waals surface area contributed by atoms with E-state index >= 15 is 0 Å². The van der Waals surface area contributed by atoms with Gasteiger partial charge < -0.3 is 13.6 Å². The van der Waals surface area contributed by atoms with E-state index in [2.05, 4.69) is 0 Å². The zero-order chi connectivity index (χ0) is 13.7. The fourth-order valence-corrected chi connectivity index (χ4v) is 2.57. The number of hydrogen-bond acceptors (Lipinski definition) is 4. The topological polar surface area (TPSA) is 27.7 Å². The first-order valence-corrected chi connectivity index (χ1v) is 8.29. The molecule has 0 atom stereocenters. The molecule has 0 radical (unpaired) electrons. The molecule has 0 saturated heterocycles. The van der Waals surface area contributed by atoms with Gasteiger partial charge in [0, 0.05) is 26.0 Å². The van der Waals surface area contributed by atoms with Crippen LogP contribution in [0.4, 0.5) is 0 Å². The molecule has 100 valence electrons. The Hall–Kier alpha value is -1.19. The minimum absolute atomic E-state index is 0.647. The second-order valence-electron chi connectivity index (χ2n) is 3.80. The van der Waals surface area contributed by atoms with E-state index in [-0.39, 0.29) is 0 Å². The van der Waals surface area contributed by atoms with Gasteiger partial charge in [-0.2, -0.15) is 0 Å². The summed E-state index contributed by atoms with van der Waals surface area (Å²) in [5.41, 5.74) is 2.18. The van der Waals surface area contributed by atoms with Gasteiger partial charge in [0.2, 0.25) is 0 Å². The summed E-state index contributed by atoms with van der Waals surface area (Å²) in [6.45, 7) is -2.68. The van der Waals surface area contributed by atoms with E-state index in [0.717, 1.165) is 11.1 Å². The molecule has 0 fully saturated rings. The van der Waals surface area contributed by atoms with E-state index in [1.54, 1.807) is 0 Å². The molecule has 0 unspecified atom stereocenters. The van der Waals surface area contributed by atoms with Gasteiger partial charge in [-0.15, -0.1) is 0 Å². The summed E-state index contributed by atoms with van der Waals surface area (Å²) in [7, 11) is 2.98. The maximum Gasteiger partial charge on any atom is 0.380 e. The maximum absolute atomic E-state index is 5.64. The Balaban J connectivity index is 2.28. The van der Waals surface area contributed by atoms with Crippen LogP contribution in [0, 0.1) is 0 Å². The Kier molecular flexibility index (Phi) is 4.72. The lowest BCUT2D eigenvalue weighted by Gasteiger charge is -2.18. The Morgan fingerprint density at radius 2 is 1.47 bits per heavy atom. The summed E-state index contributed by atoms with van der Waals surface area (Å²) in [6.07, 6.45) is 0. The van der Waals surface area contributed by atoms with Gasteiger partial charge in [0.15, 0.2) is 0 Å². The summed E-state index contributed by atoms with van der Waals surface area (Å²) >= 11 is 5.19. The van der Waals surface area contributed by atoms with Crippen LogP contribution in [0.3, 0.4) is 0 Å². The van der Waals surface area contributed by atoms with Crippen molar-refractivity contribution in [3.63, 3.8) is 0 Å². The van der Waals surface area contributed by atoms with Crippen molar-refractivity contribution >= 4 is 18.5 Å². The molecule has 2 aromatic carbocycles. The summed E-state index contributed by atoms with van der Waals surface area (Å²) in [5.74, 6) is 0.647. The van der Waals surface area contributed by atoms with Crippen molar-refractivity contribution in [2.75, 3.05) is 14.2 Å². The van der Waals surface area contributed by atoms with Crippen LogP contribution in [0.15, 0.2) is 54.6 Å². The Labute approximate surface area is 118 Å². The van der Waals surface area contributed by atoms with Crippen molar-refractivity contribution in [2.24, 2.45) is 0 Å². The largest absolute Gasteiger partial charge is 0.424 e. The molecule has 0 N–H and O–H groups in total. The van der Waals surface area contributed by atoms with Gasteiger partial charge in [-0.3, -0.25) is 0 Å². The number of rotatable bonds is 5. The second-order valence-corrected chi connectivity index (χ2v) is 6.95. The van der Waals surface area contributed by atoms with Crippen molar-refractivity contribution < 1.29 is 13.6 Å². The minimum atomic E-state index is -2.68. The van der Waals surface area contributed by atoms with Gasteiger partial charge in [-0.1, -0.05) is 42.5 Å². The first kappa shape index (κ1) is 14.2. The monoisotopic (exact) mass is 294 g/mol. The van der Waals surface area contributed by atoms with Gasteiger partial charge in [0.05, 0.1) is 0 Å².